The van der Waals surface area contributed by atoms with Gasteiger partial charge in [0.15, 0.2) is 0 Å². The monoisotopic (exact) mass is 459 g/mol. The Morgan fingerprint density at radius 3 is 2.27 bits per heavy atom. The lowest BCUT2D eigenvalue weighted by Gasteiger charge is -2.36. The van der Waals surface area contributed by atoms with Crippen LogP contribution in [0, 0.1) is 0 Å². The van der Waals surface area contributed by atoms with Gasteiger partial charge < -0.3 is 10.2 Å². The highest BCUT2D eigenvalue weighted by molar-refractivity contribution is 7.12. The Morgan fingerprint density at radius 2 is 1.61 bits per heavy atom. The quantitative estimate of drug-likeness (QED) is 0.555. The first-order chi connectivity index (χ1) is 16.2. The summed E-state index contributed by atoms with van der Waals surface area (Å²) in [5.41, 5.74) is 2.23. The van der Waals surface area contributed by atoms with E-state index in [1.54, 1.807) is 6.07 Å². The van der Waals surface area contributed by atoms with Gasteiger partial charge in [0.25, 0.3) is 5.91 Å². The number of nitrogens with zero attached hydrogens (tertiary/aromatic N) is 2. The molecule has 3 aromatic rings. The van der Waals surface area contributed by atoms with Crippen molar-refractivity contribution in [2.45, 2.75) is 12.5 Å². The van der Waals surface area contributed by atoms with E-state index in [0.29, 0.717) is 24.4 Å². The van der Waals surface area contributed by atoms with Gasteiger partial charge in [-0.3, -0.25) is 14.5 Å². The van der Waals surface area contributed by atoms with E-state index in [4.69, 9.17) is 0 Å². The number of piperazine rings is 1. The first-order valence-electron chi connectivity index (χ1n) is 11.3. The summed E-state index contributed by atoms with van der Waals surface area (Å²) < 4.78 is 0. The SMILES string of the molecule is O=C(NC(Cc1ccccc1)C(=O)N1CCN(CC=Cc2ccccc2)CC1)c1cccs1. The molecular weight excluding hydrogens is 430 g/mol. The topological polar surface area (TPSA) is 52.7 Å². The van der Waals surface area contributed by atoms with Gasteiger partial charge in [-0.25, -0.2) is 0 Å². The van der Waals surface area contributed by atoms with E-state index in [2.05, 4.69) is 34.5 Å². The molecule has 0 spiro atoms. The third kappa shape index (κ3) is 6.63. The maximum Gasteiger partial charge on any atom is 0.262 e. The van der Waals surface area contributed by atoms with Crippen molar-refractivity contribution in [2.24, 2.45) is 0 Å². The Balaban J connectivity index is 1.34. The zero-order valence-electron chi connectivity index (χ0n) is 18.6. The van der Waals surface area contributed by atoms with Crippen LogP contribution >= 0.6 is 11.3 Å². The largest absolute Gasteiger partial charge is 0.339 e. The molecule has 33 heavy (non-hydrogen) atoms. The Labute approximate surface area is 199 Å². The van der Waals surface area contributed by atoms with Gasteiger partial charge in [0, 0.05) is 39.1 Å². The van der Waals surface area contributed by atoms with Gasteiger partial charge in [-0.1, -0.05) is 78.9 Å². The lowest BCUT2D eigenvalue weighted by Crippen LogP contribution is -2.55. The molecule has 1 N–H and O–H groups in total. The van der Waals surface area contributed by atoms with E-state index in [9.17, 15) is 9.59 Å². The third-order valence-electron chi connectivity index (χ3n) is 5.79. The molecule has 1 aliphatic rings. The maximum atomic E-state index is 13.4. The van der Waals surface area contributed by atoms with Crippen LogP contribution in [0.25, 0.3) is 6.08 Å². The second-order valence-corrected chi connectivity index (χ2v) is 9.08. The van der Waals surface area contributed by atoms with Gasteiger partial charge >= 0.3 is 0 Å². The van der Waals surface area contributed by atoms with Crippen molar-refractivity contribution in [3.05, 3.63) is 100 Å². The molecule has 2 amide bonds. The highest BCUT2D eigenvalue weighted by Gasteiger charge is 2.29. The van der Waals surface area contributed by atoms with Crippen molar-refractivity contribution in [3.8, 4) is 0 Å². The molecule has 170 valence electrons. The minimum absolute atomic E-state index is 0.0109. The molecule has 0 aliphatic carbocycles. The minimum atomic E-state index is -0.577. The molecule has 0 saturated carbocycles. The lowest BCUT2D eigenvalue weighted by atomic mass is 10.0. The summed E-state index contributed by atoms with van der Waals surface area (Å²) in [7, 11) is 0. The van der Waals surface area contributed by atoms with Crippen molar-refractivity contribution in [3.63, 3.8) is 0 Å². The average Bonchev–Trinajstić information content (AvgIpc) is 3.40. The summed E-state index contributed by atoms with van der Waals surface area (Å²) in [5.74, 6) is -0.202. The fraction of sp³-hybridized carbons (Fsp3) is 0.259. The fourth-order valence-electron chi connectivity index (χ4n) is 3.96. The second kappa shape index (κ2) is 11.6. The molecule has 5 nitrogen and oxygen atoms in total. The summed E-state index contributed by atoms with van der Waals surface area (Å²) >= 11 is 1.38. The van der Waals surface area contributed by atoms with E-state index >= 15 is 0 Å². The molecule has 6 heteroatoms. The van der Waals surface area contributed by atoms with Crippen molar-refractivity contribution in [1.29, 1.82) is 0 Å². The van der Waals surface area contributed by atoms with Crippen molar-refractivity contribution in [1.82, 2.24) is 15.1 Å². The van der Waals surface area contributed by atoms with Crippen LogP contribution in [-0.2, 0) is 11.2 Å². The predicted octanol–water partition coefficient (Wildman–Crippen LogP) is 3.95. The number of carbonyl (C=O) groups excluding carboxylic acids is 2. The number of carbonyl (C=O) groups is 2. The molecule has 2 heterocycles. The van der Waals surface area contributed by atoms with E-state index in [0.717, 1.165) is 25.2 Å². The number of thiophene rings is 1. The molecular formula is C27H29N3O2S. The van der Waals surface area contributed by atoms with E-state index in [-0.39, 0.29) is 11.8 Å². The molecule has 1 aliphatic heterocycles. The Bertz CT molecular complexity index is 1040. The number of hydrogen-bond donors (Lipinski definition) is 1. The standard InChI is InChI=1S/C27H29N3O2S/c31-26(25-14-8-20-33-25)28-24(21-23-11-5-2-6-12-23)27(32)30-18-16-29(17-19-30)15-7-13-22-9-3-1-4-10-22/h1-14,20,24H,15-19,21H2,(H,28,31). The van der Waals surface area contributed by atoms with Gasteiger partial charge in [0.05, 0.1) is 4.88 Å². The summed E-state index contributed by atoms with van der Waals surface area (Å²) in [4.78, 5) is 30.9. The normalized spacial score (nSPS) is 15.5. The van der Waals surface area contributed by atoms with E-state index in [1.165, 1.54) is 16.9 Å². The summed E-state index contributed by atoms with van der Waals surface area (Å²) in [5, 5.41) is 4.85. The van der Waals surface area contributed by atoms with Crippen LogP contribution in [0.3, 0.4) is 0 Å². The first kappa shape index (κ1) is 23.0. The zero-order chi connectivity index (χ0) is 22.9. The highest BCUT2D eigenvalue weighted by atomic mass is 32.1. The number of rotatable bonds is 8. The molecule has 1 fully saturated rings. The van der Waals surface area contributed by atoms with Crippen LogP contribution in [0.1, 0.15) is 20.8 Å². The number of hydrogen-bond acceptors (Lipinski definition) is 4. The van der Waals surface area contributed by atoms with Gasteiger partial charge in [-0.15, -0.1) is 11.3 Å². The van der Waals surface area contributed by atoms with Crippen LogP contribution < -0.4 is 5.32 Å². The Morgan fingerprint density at radius 1 is 0.909 bits per heavy atom. The van der Waals surface area contributed by atoms with Crippen molar-refractivity contribution < 1.29 is 9.59 Å². The van der Waals surface area contributed by atoms with Crippen LogP contribution in [0.15, 0.2) is 84.3 Å². The smallest absolute Gasteiger partial charge is 0.262 e. The van der Waals surface area contributed by atoms with Gasteiger partial charge in [0.1, 0.15) is 6.04 Å². The number of benzene rings is 2. The number of nitrogens with one attached hydrogen (secondary N) is 1. The van der Waals surface area contributed by atoms with E-state index < -0.39 is 6.04 Å². The van der Waals surface area contributed by atoms with E-state index in [1.807, 2.05) is 64.9 Å². The minimum Gasteiger partial charge on any atom is -0.339 e. The molecule has 1 unspecified atom stereocenters. The van der Waals surface area contributed by atoms with Crippen LogP contribution in [0.5, 0.6) is 0 Å². The first-order valence-corrected chi connectivity index (χ1v) is 12.2. The molecule has 1 atom stereocenters. The van der Waals surface area contributed by atoms with Crippen LogP contribution in [-0.4, -0.2) is 60.4 Å². The van der Waals surface area contributed by atoms with Gasteiger partial charge in [-0.2, -0.15) is 0 Å². The molecule has 1 aromatic heterocycles. The van der Waals surface area contributed by atoms with Gasteiger partial charge in [-0.05, 0) is 22.6 Å². The Hall–Kier alpha value is -3.22. The number of amides is 2. The predicted molar refractivity (Wildman–Crippen MR) is 134 cm³/mol. The van der Waals surface area contributed by atoms with Gasteiger partial charge in [0.2, 0.25) is 5.91 Å². The lowest BCUT2D eigenvalue weighted by molar-refractivity contribution is -0.134. The molecule has 2 aromatic carbocycles. The molecule has 4 rings (SSSR count). The summed E-state index contributed by atoms with van der Waals surface area (Å²) in [6.45, 7) is 3.83. The maximum absolute atomic E-state index is 13.4. The summed E-state index contributed by atoms with van der Waals surface area (Å²) in [6.07, 6.45) is 4.79. The third-order valence-corrected chi connectivity index (χ3v) is 6.66. The van der Waals surface area contributed by atoms with Crippen molar-refractivity contribution in [2.75, 3.05) is 32.7 Å². The zero-order valence-corrected chi connectivity index (χ0v) is 19.4. The molecule has 0 radical (unpaired) electrons. The highest BCUT2D eigenvalue weighted by Crippen LogP contribution is 2.13. The Kier molecular flexibility index (Phi) is 8.06. The average molecular weight is 460 g/mol. The summed E-state index contributed by atoms with van der Waals surface area (Å²) in [6, 6.07) is 23.2. The van der Waals surface area contributed by atoms with Crippen LogP contribution in [0.4, 0.5) is 0 Å². The second-order valence-electron chi connectivity index (χ2n) is 8.13. The van der Waals surface area contributed by atoms with Crippen molar-refractivity contribution >= 4 is 29.2 Å². The molecule has 1 saturated heterocycles. The van der Waals surface area contributed by atoms with Crippen LogP contribution in [0.2, 0.25) is 0 Å². The molecule has 0 bridgehead atoms. The fourth-order valence-corrected chi connectivity index (χ4v) is 4.59.